The van der Waals surface area contributed by atoms with Gasteiger partial charge in [0.2, 0.25) is 0 Å². The summed E-state index contributed by atoms with van der Waals surface area (Å²) in [6.07, 6.45) is 0.0362. The van der Waals surface area contributed by atoms with Gasteiger partial charge < -0.3 is 20.6 Å². The van der Waals surface area contributed by atoms with Gasteiger partial charge in [0.25, 0.3) is 5.91 Å². The lowest BCUT2D eigenvalue weighted by atomic mass is 9.98. The second kappa shape index (κ2) is 11.0. The molecule has 0 aliphatic carbocycles. The van der Waals surface area contributed by atoms with Crippen molar-refractivity contribution < 1.29 is 29.3 Å². The van der Waals surface area contributed by atoms with E-state index in [1.165, 1.54) is 35.0 Å². The van der Waals surface area contributed by atoms with Crippen molar-refractivity contribution in [3.05, 3.63) is 53.1 Å². The molecule has 1 heterocycles. The Balaban J connectivity index is 2.51. The number of aliphatic carboxylic acids is 1. The van der Waals surface area contributed by atoms with Gasteiger partial charge in [0, 0.05) is 18.0 Å². The van der Waals surface area contributed by atoms with E-state index in [9.17, 15) is 24.2 Å². The number of carboxylic acid groups (broad SMARTS) is 1. The van der Waals surface area contributed by atoms with E-state index in [0.29, 0.717) is 16.9 Å². The molecule has 0 spiro atoms. The van der Waals surface area contributed by atoms with Gasteiger partial charge in [-0.1, -0.05) is 19.9 Å². The fraction of sp³-hybridized carbons (Fsp3) is 0.435. The van der Waals surface area contributed by atoms with Crippen LogP contribution in [0.25, 0.3) is 11.8 Å². The summed E-state index contributed by atoms with van der Waals surface area (Å²) in [5.74, 6) is -2.03. The highest BCUT2D eigenvalue weighted by molar-refractivity contribution is 5.95. The maximum absolute atomic E-state index is 13.4. The molecule has 2 unspecified atom stereocenters. The van der Waals surface area contributed by atoms with Crippen molar-refractivity contribution in [1.82, 2.24) is 15.1 Å². The number of aromatic nitrogens is 2. The SMILES string of the molecule is CC(C)NC(=O)c1nn(-c2ccc(F)cc2)c(C=CC(O)CC(O)CC(=O)O)c1C(C)C. The molecule has 9 heteroatoms. The van der Waals surface area contributed by atoms with Crippen molar-refractivity contribution in [1.29, 1.82) is 0 Å². The van der Waals surface area contributed by atoms with E-state index in [1.54, 1.807) is 6.08 Å². The Hall–Kier alpha value is -3.04. The molecule has 1 aromatic heterocycles. The molecule has 1 aromatic carbocycles. The van der Waals surface area contributed by atoms with Gasteiger partial charge in [-0.05, 0) is 50.1 Å². The molecule has 0 radical (unpaired) electrons. The van der Waals surface area contributed by atoms with E-state index in [-0.39, 0.29) is 30.0 Å². The number of amides is 1. The Kier molecular flexibility index (Phi) is 8.68. The number of halogens is 1. The Labute approximate surface area is 186 Å². The van der Waals surface area contributed by atoms with E-state index < -0.39 is 30.4 Å². The molecule has 0 saturated carbocycles. The molecule has 2 atom stereocenters. The van der Waals surface area contributed by atoms with E-state index in [0.717, 1.165) is 0 Å². The van der Waals surface area contributed by atoms with Crippen LogP contribution in [0.2, 0.25) is 0 Å². The van der Waals surface area contributed by atoms with Gasteiger partial charge in [-0.2, -0.15) is 5.10 Å². The minimum absolute atomic E-state index is 0.102. The molecule has 32 heavy (non-hydrogen) atoms. The molecule has 0 bridgehead atoms. The number of hydrogen-bond donors (Lipinski definition) is 4. The summed E-state index contributed by atoms with van der Waals surface area (Å²) in [7, 11) is 0. The maximum Gasteiger partial charge on any atom is 0.305 e. The number of benzene rings is 1. The highest BCUT2D eigenvalue weighted by atomic mass is 19.1. The fourth-order valence-electron chi connectivity index (χ4n) is 3.29. The zero-order valence-corrected chi connectivity index (χ0v) is 18.6. The first-order valence-electron chi connectivity index (χ1n) is 10.4. The van der Waals surface area contributed by atoms with Gasteiger partial charge >= 0.3 is 5.97 Å². The zero-order chi connectivity index (χ0) is 24.0. The number of aliphatic hydroxyl groups is 2. The van der Waals surface area contributed by atoms with Crippen LogP contribution in [0.5, 0.6) is 0 Å². The molecule has 1 amide bonds. The first-order valence-corrected chi connectivity index (χ1v) is 10.4. The summed E-state index contributed by atoms with van der Waals surface area (Å²) in [6, 6.07) is 5.52. The third-order valence-corrected chi connectivity index (χ3v) is 4.64. The first kappa shape index (κ1) is 25.2. The third-order valence-electron chi connectivity index (χ3n) is 4.64. The number of nitrogens with one attached hydrogen (secondary N) is 1. The number of rotatable bonds is 10. The van der Waals surface area contributed by atoms with Crippen molar-refractivity contribution in [3.8, 4) is 5.69 Å². The lowest BCUT2D eigenvalue weighted by Gasteiger charge is -2.12. The van der Waals surface area contributed by atoms with Crippen LogP contribution in [0.3, 0.4) is 0 Å². The second-order valence-corrected chi connectivity index (χ2v) is 8.23. The van der Waals surface area contributed by atoms with Crippen LogP contribution in [0.4, 0.5) is 4.39 Å². The smallest absolute Gasteiger partial charge is 0.305 e. The van der Waals surface area contributed by atoms with Gasteiger partial charge in [0.1, 0.15) is 5.82 Å². The normalized spacial score (nSPS) is 13.7. The fourth-order valence-corrected chi connectivity index (χ4v) is 3.29. The van der Waals surface area contributed by atoms with E-state index in [4.69, 9.17) is 5.11 Å². The van der Waals surface area contributed by atoms with Crippen LogP contribution in [0.15, 0.2) is 30.3 Å². The molecule has 174 valence electrons. The summed E-state index contributed by atoms with van der Waals surface area (Å²) in [5, 5.41) is 36.1. The molecule has 0 aliphatic heterocycles. The Morgan fingerprint density at radius 3 is 2.31 bits per heavy atom. The zero-order valence-electron chi connectivity index (χ0n) is 18.6. The third kappa shape index (κ3) is 6.73. The minimum Gasteiger partial charge on any atom is -0.481 e. The topological polar surface area (TPSA) is 125 Å². The molecule has 2 rings (SSSR count). The lowest BCUT2D eigenvalue weighted by molar-refractivity contribution is -0.139. The minimum atomic E-state index is -1.20. The van der Waals surface area contributed by atoms with Gasteiger partial charge in [-0.3, -0.25) is 9.59 Å². The molecule has 0 saturated heterocycles. The molecule has 0 fully saturated rings. The van der Waals surface area contributed by atoms with E-state index >= 15 is 0 Å². The largest absolute Gasteiger partial charge is 0.481 e. The van der Waals surface area contributed by atoms with Crippen molar-refractivity contribution in [2.24, 2.45) is 0 Å². The molecule has 2 aromatic rings. The predicted molar refractivity (Wildman–Crippen MR) is 118 cm³/mol. The number of hydrogen-bond acceptors (Lipinski definition) is 5. The predicted octanol–water partition coefficient (Wildman–Crippen LogP) is 2.87. The van der Waals surface area contributed by atoms with Crippen LogP contribution >= 0.6 is 0 Å². The summed E-state index contributed by atoms with van der Waals surface area (Å²) >= 11 is 0. The molecular formula is C23H30FN3O5. The van der Waals surface area contributed by atoms with Crippen LogP contribution in [-0.4, -0.2) is 55.2 Å². The monoisotopic (exact) mass is 447 g/mol. The number of carboxylic acids is 1. The summed E-state index contributed by atoms with van der Waals surface area (Å²) in [6.45, 7) is 7.48. The summed E-state index contributed by atoms with van der Waals surface area (Å²) in [5.41, 5.74) is 1.91. The van der Waals surface area contributed by atoms with Crippen molar-refractivity contribution in [2.75, 3.05) is 0 Å². The Morgan fingerprint density at radius 2 is 1.78 bits per heavy atom. The van der Waals surface area contributed by atoms with Gasteiger partial charge in [-0.15, -0.1) is 0 Å². The highest BCUT2D eigenvalue weighted by Gasteiger charge is 2.25. The van der Waals surface area contributed by atoms with E-state index in [1.807, 2.05) is 27.7 Å². The van der Waals surface area contributed by atoms with Crippen LogP contribution in [0, 0.1) is 5.82 Å². The van der Waals surface area contributed by atoms with Crippen LogP contribution in [-0.2, 0) is 4.79 Å². The standard InChI is InChI=1S/C23H30FN3O5/c1-13(2)21-19(10-9-17(28)11-18(29)12-20(30)31)27(16-7-5-15(24)6-8-16)26-22(21)23(32)25-14(3)4/h5-10,13-14,17-18,28-29H,11-12H2,1-4H3,(H,25,32)(H,30,31). The Bertz CT molecular complexity index is 967. The average Bonchev–Trinajstić information content (AvgIpc) is 3.05. The summed E-state index contributed by atoms with van der Waals surface area (Å²) in [4.78, 5) is 23.5. The maximum atomic E-state index is 13.4. The van der Waals surface area contributed by atoms with Crippen molar-refractivity contribution in [2.45, 2.75) is 64.7 Å². The van der Waals surface area contributed by atoms with E-state index in [2.05, 4.69) is 10.4 Å². The number of carbonyl (C=O) groups is 2. The highest BCUT2D eigenvalue weighted by Crippen LogP contribution is 2.28. The number of carbonyl (C=O) groups excluding carboxylic acids is 1. The van der Waals surface area contributed by atoms with Crippen LogP contribution in [0.1, 0.15) is 68.2 Å². The number of nitrogens with zero attached hydrogens (tertiary/aromatic N) is 2. The van der Waals surface area contributed by atoms with Gasteiger partial charge in [0.05, 0.1) is 30.0 Å². The number of aliphatic hydroxyl groups excluding tert-OH is 2. The van der Waals surface area contributed by atoms with Crippen LogP contribution < -0.4 is 5.32 Å². The van der Waals surface area contributed by atoms with Gasteiger partial charge in [-0.25, -0.2) is 9.07 Å². The molecule has 0 aliphatic rings. The second-order valence-electron chi connectivity index (χ2n) is 8.23. The first-order chi connectivity index (χ1) is 15.0. The summed E-state index contributed by atoms with van der Waals surface area (Å²) < 4.78 is 14.9. The molecule has 8 nitrogen and oxygen atoms in total. The Morgan fingerprint density at radius 1 is 1.16 bits per heavy atom. The van der Waals surface area contributed by atoms with Crippen molar-refractivity contribution in [3.63, 3.8) is 0 Å². The average molecular weight is 448 g/mol. The molecular weight excluding hydrogens is 417 g/mol. The quantitative estimate of drug-likeness (QED) is 0.444. The van der Waals surface area contributed by atoms with Gasteiger partial charge in [0.15, 0.2) is 5.69 Å². The van der Waals surface area contributed by atoms with Crippen molar-refractivity contribution >= 4 is 18.0 Å². The lowest BCUT2D eigenvalue weighted by Crippen LogP contribution is -2.31. The molecule has 4 N–H and O–H groups in total.